The van der Waals surface area contributed by atoms with Crippen molar-refractivity contribution in [2.24, 2.45) is 0 Å². The van der Waals surface area contributed by atoms with Crippen LogP contribution in [0.5, 0.6) is 0 Å². The van der Waals surface area contributed by atoms with Crippen molar-refractivity contribution in [3.8, 4) is 0 Å². The number of aromatic nitrogens is 2. The molecule has 0 aromatic carbocycles. The first-order valence-corrected chi connectivity index (χ1v) is 9.40. The van der Waals surface area contributed by atoms with Crippen molar-refractivity contribution in [2.45, 2.75) is 13.5 Å². The molecule has 1 fully saturated rings. The Kier molecular flexibility index (Phi) is 4.97. The third-order valence-corrected chi connectivity index (χ3v) is 5.12. The smallest absolute Gasteiger partial charge is 0.253 e. The number of hydrogen-bond donors (Lipinski definition) is 1. The minimum absolute atomic E-state index is 0.118. The topological polar surface area (TPSA) is 70.0 Å². The van der Waals surface area contributed by atoms with Crippen molar-refractivity contribution in [1.82, 2.24) is 19.6 Å². The van der Waals surface area contributed by atoms with Crippen LogP contribution in [-0.4, -0.2) is 52.3 Å². The standard InChI is InChI=1S/C21H23N5O2/c1-16(27)24-9-11-25(12-10-24)20-7-6-19-5-4-18(15-26(19)20)21(28)23-14-17-3-2-8-22-13-17/h2-8,13,15H,9-12,14H2,1H3,(H,23,28). The van der Waals surface area contributed by atoms with Crippen LogP contribution in [0.2, 0.25) is 0 Å². The van der Waals surface area contributed by atoms with Gasteiger partial charge in [-0.2, -0.15) is 0 Å². The molecular weight excluding hydrogens is 354 g/mol. The highest BCUT2D eigenvalue weighted by molar-refractivity contribution is 5.94. The molecule has 1 aliphatic heterocycles. The van der Waals surface area contributed by atoms with Gasteiger partial charge in [0.25, 0.3) is 5.91 Å². The van der Waals surface area contributed by atoms with Gasteiger partial charge < -0.3 is 19.5 Å². The van der Waals surface area contributed by atoms with E-state index in [1.165, 1.54) is 0 Å². The normalized spacial score (nSPS) is 14.3. The predicted octanol–water partition coefficient (Wildman–Crippen LogP) is 1.93. The lowest BCUT2D eigenvalue weighted by molar-refractivity contribution is -0.129. The molecule has 0 spiro atoms. The highest BCUT2D eigenvalue weighted by atomic mass is 16.2. The molecule has 0 radical (unpaired) electrons. The molecule has 4 heterocycles. The van der Waals surface area contributed by atoms with E-state index in [4.69, 9.17) is 0 Å². The zero-order chi connectivity index (χ0) is 19.5. The number of hydrogen-bond acceptors (Lipinski definition) is 4. The van der Waals surface area contributed by atoms with Gasteiger partial charge in [0, 0.05) is 63.8 Å². The van der Waals surface area contributed by atoms with Crippen molar-refractivity contribution < 1.29 is 9.59 Å². The molecule has 0 atom stereocenters. The number of carbonyl (C=O) groups is 2. The molecule has 1 N–H and O–H groups in total. The second kappa shape index (κ2) is 7.72. The van der Waals surface area contributed by atoms with E-state index >= 15 is 0 Å². The fourth-order valence-electron chi connectivity index (χ4n) is 3.52. The molecule has 2 amide bonds. The molecule has 7 nitrogen and oxygen atoms in total. The molecule has 4 rings (SSSR count). The van der Waals surface area contributed by atoms with Crippen LogP contribution in [0, 0.1) is 0 Å². The number of amides is 2. The Balaban J connectivity index is 1.50. The zero-order valence-corrected chi connectivity index (χ0v) is 15.8. The summed E-state index contributed by atoms with van der Waals surface area (Å²) >= 11 is 0. The molecule has 1 saturated heterocycles. The second-order valence-electron chi connectivity index (χ2n) is 6.94. The molecule has 28 heavy (non-hydrogen) atoms. The molecular formula is C21H23N5O2. The SMILES string of the molecule is CC(=O)N1CCN(c2ccc3ccc(C(=O)NCc4cccnc4)cn23)CC1. The fraction of sp³-hybridized carbons (Fsp3) is 0.286. The Morgan fingerprint density at radius 2 is 1.86 bits per heavy atom. The maximum absolute atomic E-state index is 12.6. The number of fused-ring (bicyclic) bond motifs is 1. The van der Waals surface area contributed by atoms with Crippen molar-refractivity contribution >= 4 is 23.1 Å². The maximum Gasteiger partial charge on any atom is 0.253 e. The zero-order valence-electron chi connectivity index (χ0n) is 15.8. The van der Waals surface area contributed by atoms with Crippen molar-refractivity contribution in [1.29, 1.82) is 0 Å². The van der Waals surface area contributed by atoms with Crippen LogP contribution in [0.1, 0.15) is 22.8 Å². The summed E-state index contributed by atoms with van der Waals surface area (Å²) in [7, 11) is 0. The van der Waals surface area contributed by atoms with E-state index in [0.717, 1.165) is 30.0 Å². The number of piperazine rings is 1. The van der Waals surface area contributed by atoms with E-state index in [-0.39, 0.29) is 11.8 Å². The van der Waals surface area contributed by atoms with Crippen LogP contribution in [0.25, 0.3) is 5.52 Å². The van der Waals surface area contributed by atoms with Gasteiger partial charge in [0.1, 0.15) is 5.82 Å². The molecule has 3 aromatic heterocycles. The van der Waals surface area contributed by atoms with Gasteiger partial charge in [-0.25, -0.2) is 0 Å². The molecule has 0 bridgehead atoms. The number of pyridine rings is 2. The first-order valence-electron chi connectivity index (χ1n) is 9.40. The maximum atomic E-state index is 12.6. The summed E-state index contributed by atoms with van der Waals surface area (Å²) in [6.45, 7) is 5.04. The first-order chi connectivity index (χ1) is 13.6. The Hall–Kier alpha value is -3.35. The summed E-state index contributed by atoms with van der Waals surface area (Å²) in [6, 6.07) is 11.7. The fourth-order valence-corrected chi connectivity index (χ4v) is 3.52. The lowest BCUT2D eigenvalue weighted by atomic mass is 10.2. The average Bonchev–Trinajstić information content (AvgIpc) is 3.16. The van der Waals surface area contributed by atoms with Crippen LogP contribution in [0.3, 0.4) is 0 Å². The van der Waals surface area contributed by atoms with E-state index in [0.29, 0.717) is 25.2 Å². The van der Waals surface area contributed by atoms with Crippen molar-refractivity contribution in [2.75, 3.05) is 31.1 Å². The predicted molar refractivity (Wildman–Crippen MR) is 107 cm³/mol. The molecule has 7 heteroatoms. The molecule has 0 saturated carbocycles. The highest BCUT2D eigenvalue weighted by Gasteiger charge is 2.20. The third-order valence-electron chi connectivity index (χ3n) is 5.12. The Labute approximate surface area is 163 Å². The van der Waals surface area contributed by atoms with Gasteiger partial charge in [0.2, 0.25) is 5.91 Å². The van der Waals surface area contributed by atoms with Gasteiger partial charge in [-0.05, 0) is 35.9 Å². The van der Waals surface area contributed by atoms with Crippen LogP contribution >= 0.6 is 0 Å². The summed E-state index contributed by atoms with van der Waals surface area (Å²) in [6.07, 6.45) is 5.33. The average molecular weight is 377 g/mol. The van der Waals surface area contributed by atoms with E-state index in [9.17, 15) is 9.59 Å². The van der Waals surface area contributed by atoms with Crippen LogP contribution < -0.4 is 10.2 Å². The summed E-state index contributed by atoms with van der Waals surface area (Å²) in [5.41, 5.74) is 2.60. The van der Waals surface area contributed by atoms with Crippen molar-refractivity contribution in [3.63, 3.8) is 0 Å². The summed E-state index contributed by atoms with van der Waals surface area (Å²) in [5, 5.41) is 2.94. The lowest BCUT2D eigenvalue weighted by Crippen LogP contribution is -2.48. The van der Waals surface area contributed by atoms with Gasteiger partial charge in [0.15, 0.2) is 0 Å². The minimum atomic E-state index is -0.119. The number of anilines is 1. The molecule has 0 aliphatic carbocycles. The highest BCUT2D eigenvalue weighted by Crippen LogP contribution is 2.22. The summed E-state index contributed by atoms with van der Waals surface area (Å²) in [4.78, 5) is 32.3. The molecule has 0 unspecified atom stereocenters. The van der Waals surface area contributed by atoms with Gasteiger partial charge in [-0.1, -0.05) is 6.07 Å². The second-order valence-corrected chi connectivity index (χ2v) is 6.94. The van der Waals surface area contributed by atoms with Gasteiger partial charge >= 0.3 is 0 Å². The summed E-state index contributed by atoms with van der Waals surface area (Å²) in [5.74, 6) is 1.04. The monoisotopic (exact) mass is 377 g/mol. The largest absolute Gasteiger partial charge is 0.354 e. The van der Waals surface area contributed by atoms with E-state index in [2.05, 4.69) is 21.3 Å². The van der Waals surface area contributed by atoms with E-state index in [1.807, 2.05) is 45.8 Å². The molecule has 1 aliphatic rings. The van der Waals surface area contributed by atoms with Crippen LogP contribution in [0.15, 0.2) is 55.0 Å². The Bertz CT molecular complexity index is 990. The summed E-state index contributed by atoms with van der Waals surface area (Å²) < 4.78 is 2.04. The number of carbonyl (C=O) groups excluding carboxylic acids is 2. The Morgan fingerprint density at radius 3 is 2.57 bits per heavy atom. The van der Waals surface area contributed by atoms with Crippen LogP contribution in [0.4, 0.5) is 5.82 Å². The quantitative estimate of drug-likeness (QED) is 0.754. The van der Waals surface area contributed by atoms with E-state index < -0.39 is 0 Å². The molecule has 144 valence electrons. The lowest BCUT2D eigenvalue weighted by Gasteiger charge is -2.35. The Morgan fingerprint density at radius 1 is 1.07 bits per heavy atom. The van der Waals surface area contributed by atoms with Gasteiger partial charge in [-0.15, -0.1) is 0 Å². The molecule has 3 aromatic rings. The van der Waals surface area contributed by atoms with Gasteiger partial charge in [0.05, 0.1) is 5.56 Å². The minimum Gasteiger partial charge on any atom is -0.354 e. The van der Waals surface area contributed by atoms with Gasteiger partial charge in [-0.3, -0.25) is 14.6 Å². The van der Waals surface area contributed by atoms with Crippen molar-refractivity contribution in [3.05, 3.63) is 66.1 Å². The van der Waals surface area contributed by atoms with E-state index in [1.54, 1.807) is 19.3 Å². The van der Waals surface area contributed by atoms with Crippen LogP contribution in [-0.2, 0) is 11.3 Å². The number of nitrogens with one attached hydrogen (secondary N) is 1. The number of rotatable bonds is 4. The third kappa shape index (κ3) is 3.69. The number of nitrogens with zero attached hydrogens (tertiary/aromatic N) is 4. The first kappa shape index (κ1) is 18.0.